The van der Waals surface area contributed by atoms with Gasteiger partial charge in [0.05, 0.1) is 0 Å². The summed E-state index contributed by atoms with van der Waals surface area (Å²) in [6.07, 6.45) is 5.66. The first-order valence-electron chi connectivity index (χ1n) is 4.68. The number of hydrogen-bond acceptors (Lipinski definition) is 2. The van der Waals surface area contributed by atoms with Crippen LogP contribution in [0.2, 0.25) is 0 Å². The zero-order valence-electron chi connectivity index (χ0n) is 7.92. The Morgan fingerprint density at radius 1 is 1.23 bits per heavy atom. The Morgan fingerprint density at radius 3 is 2.23 bits per heavy atom. The quantitative estimate of drug-likeness (QED) is 0.731. The molecular weight excluding hydrogens is 178 g/mol. The van der Waals surface area contributed by atoms with Gasteiger partial charge in [-0.25, -0.2) is 0 Å². The molecule has 70 valence electrons. The van der Waals surface area contributed by atoms with Crippen LogP contribution >= 0.6 is 11.8 Å². The predicted molar refractivity (Wildman–Crippen MR) is 57.9 cm³/mol. The molecule has 0 heterocycles. The fraction of sp³-hybridized carbons (Fsp3) is 0.455. The minimum Gasteiger partial charge on any atom is -0.321 e. The van der Waals surface area contributed by atoms with Crippen LogP contribution in [0.4, 0.5) is 0 Å². The highest BCUT2D eigenvalue weighted by Gasteiger charge is 2.33. The summed E-state index contributed by atoms with van der Waals surface area (Å²) in [6.45, 7) is 0. The first-order chi connectivity index (χ1) is 6.24. The summed E-state index contributed by atoms with van der Waals surface area (Å²) < 4.78 is 0. The molecule has 2 rings (SSSR count). The number of benzene rings is 1. The van der Waals surface area contributed by atoms with Gasteiger partial charge in [0.25, 0.3) is 0 Å². The van der Waals surface area contributed by atoms with E-state index in [0.29, 0.717) is 0 Å². The maximum Gasteiger partial charge on any atom is 0.0409 e. The van der Waals surface area contributed by atoms with Crippen LogP contribution in [0.25, 0.3) is 0 Å². The van der Waals surface area contributed by atoms with E-state index in [2.05, 4.69) is 30.5 Å². The average Bonchev–Trinajstić information content (AvgIpc) is 2.14. The summed E-state index contributed by atoms with van der Waals surface area (Å²) in [4.78, 5) is 1.31. The predicted octanol–water partition coefficient (Wildman–Crippen LogP) is 2.75. The first-order valence-corrected chi connectivity index (χ1v) is 5.90. The zero-order valence-corrected chi connectivity index (χ0v) is 8.73. The van der Waals surface area contributed by atoms with E-state index in [-0.39, 0.29) is 5.54 Å². The molecule has 0 aromatic heterocycles. The molecule has 1 saturated carbocycles. The lowest BCUT2D eigenvalue weighted by Crippen LogP contribution is -2.43. The van der Waals surface area contributed by atoms with E-state index < -0.39 is 0 Å². The van der Waals surface area contributed by atoms with E-state index in [1.165, 1.54) is 16.9 Å². The summed E-state index contributed by atoms with van der Waals surface area (Å²) in [5.74, 6) is 0. The normalized spacial score (nSPS) is 19.5. The van der Waals surface area contributed by atoms with Crippen LogP contribution in [0.15, 0.2) is 29.2 Å². The Hall–Kier alpha value is -0.470. The molecule has 1 aliphatic rings. The van der Waals surface area contributed by atoms with Crippen molar-refractivity contribution < 1.29 is 0 Å². The molecule has 1 nitrogen and oxygen atoms in total. The van der Waals surface area contributed by atoms with Crippen molar-refractivity contribution in [1.29, 1.82) is 0 Å². The average molecular weight is 193 g/mol. The number of hydrogen-bond donors (Lipinski definition) is 1. The second kappa shape index (κ2) is 3.35. The van der Waals surface area contributed by atoms with Crippen LogP contribution in [-0.2, 0) is 5.54 Å². The molecule has 0 aliphatic heterocycles. The maximum atomic E-state index is 6.21. The largest absolute Gasteiger partial charge is 0.321 e. The highest BCUT2D eigenvalue weighted by atomic mass is 32.2. The molecule has 13 heavy (non-hydrogen) atoms. The lowest BCUT2D eigenvalue weighted by Gasteiger charge is -2.38. The lowest BCUT2D eigenvalue weighted by molar-refractivity contribution is 0.253. The summed E-state index contributed by atoms with van der Waals surface area (Å²) in [6, 6.07) is 8.66. The van der Waals surface area contributed by atoms with Gasteiger partial charge >= 0.3 is 0 Å². The van der Waals surface area contributed by atoms with Gasteiger partial charge in [-0.1, -0.05) is 12.1 Å². The zero-order chi connectivity index (χ0) is 9.31. The molecule has 0 amide bonds. The molecule has 1 aromatic carbocycles. The van der Waals surface area contributed by atoms with E-state index in [0.717, 1.165) is 12.8 Å². The molecule has 1 fully saturated rings. The van der Waals surface area contributed by atoms with E-state index in [1.54, 1.807) is 11.8 Å². The Bertz CT molecular complexity index is 287. The number of nitrogens with two attached hydrogens (primary N) is 1. The van der Waals surface area contributed by atoms with Crippen molar-refractivity contribution in [2.24, 2.45) is 5.73 Å². The Kier molecular flexibility index (Phi) is 2.35. The van der Waals surface area contributed by atoms with Gasteiger partial charge in [-0.05, 0) is 43.2 Å². The minimum atomic E-state index is -0.00304. The third kappa shape index (κ3) is 1.61. The van der Waals surface area contributed by atoms with Crippen molar-refractivity contribution in [1.82, 2.24) is 0 Å². The lowest BCUT2D eigenvalue weighted by atomic mass is 9.73. The maximum absolute atomic E-state index is 6.21. The summed E-state index contributed by atoms with van der Waals surface area (Å²) in [5.41, 5.74) is 7.51. The molecule has 1 aromatic rings. The number of thioether (sulfide) groups is 1. The van der Waals surface area contributed by atoms with Gasteiger partial charge in [0.15, 0.2) is 0 Å². The van der Waals surface area contributed by atoms with Crippen molar-refractivity contribution >= 4 is 11.8 Å². The molecule has 0 spiro atoms. The summed E-state index contributed by atoms with van der Waals surface area (Å²) >= 11 is 1.77. The SMILES string of the molecule is CSc1ccc(C2(N)CCC2)cc1. The third-order valence-electron chi connectivity index (χ3n) is 2.91. The van der Waals surface area contributed by atoms with E-state index in [1.807, 2.05) is 0 Å². The number of rotatable bonds is 2. The fourth-order valence-corrected chi connectivity index (χ4v) is 2.18. The van der Waals surface area contributed by atoms with E-state index in [4.69, 9.17) is 5.73 Å². The fourth-order valence-electron chi connectivity index (χ4n) is 1.77. The second-order valence-electron chi connectivity index (χ2n) is 3.74. The Balaban J connectivity index is 2.22. The van der Waals surface area contributed by atoms with Gasteiger partial charge in [0, 0.05) is 10.4 Å². The molecule has 0 atom stereocenters. The summed E-state index contributed by atoms with van der Waals surface area (Å²) in [7, 11) is 0. The van der Waals surface area contributed by atoms with Crippen molar-refractivity contribution in [2.75, 3.05) is 6.26 Å². The standard InChI is InChI=1S/C11H15NS/c1-13-10-5-3-9(4-6-10)11(12)7-2-8-11/h3-6H,2,7-8,12H2,1H3. The van der Waals surface area contributed by atoms with Gasteiger partial charge in [0.2, 0.25) is 0 Å². The van der Waals surface area contributed by atoms with E-state index >= 15 is 0 Å². The molecule has 1 aliphatic carbocycles. The molecule has 0 unspecified atom stereocenters. The molecular formula is C11H15NS. The van der Waals surface area contributed by atoms with Gasteiger partial charge in [0.1, 0.15) is 0 Å². The van der Waals surface area contributed by atoms with Crippen LogP contribution in [-0.4, -0.2) is 6.26 Å². The smallest absolute Gasteiger partial charge is 0.0409 e. The molecule has 0 radical (unpaired) electrons. The molecule has 0 saturated heterocycles. The van der Waals surface area contributed by atoms with Crippen LogP contribution < -0.4 is 5.73 Å². The monoisotopic (exact) mass is 193 g/mol. The van der Waals surface area contributed by atoms with Crippen molar-refractivity contribution in [2.45, 2.75) is 29.7 Å². The second-order valence-corrected chi connectivity index (χ2v) is 4.62. The Morgan fingerprint density at radius 2 is 1.85 bits per heavy atom. The Labute approximate surface area is 83.7 Å². The topological polar surface area (TPSA) is 26.0 Å². The van der Waals surface area contributed by atoms with Crippen LogP contribution in [0, 0.1) is 0 Å². The van der Waals surface area contributed by atoms with Gasteiger partial charge in [-0.2, -0.15) is 0 Å². The van der Waals surface area contributed by atoms with Crippen LogP contribution in [0.5, 0.6) is 0 Å². The molecule has 2 N–H and O–H groups in total. The van der Waals surface area contributed by atoms with Crippen molar-refractivity contribution in [3.8, 4) is 0 Å². The van der Waals surface area contributed by atoms with Gasteiger partial charge in [-0.15, -0.1) is 11.8 Å². The van der Waals surface area contributed by atoms with Gasteiger partial charge in [-0.3, -0.25) is 0 Å². The van der Waals surface area contributed by atoms with Crippen molar-refractivity contribution in [3.63, 3.8) is 0 Å². The first kappa shape index (κ1) is 9.10. The highest BCUT2D eigenvalue weighted by molar-refractivity contribution is 7.98. The third-order valence-corrected chi connectivity index (χ3v) is 3.65. The van der Waals surface area contributed by atoms with E-state index in [9.17, 15) is 0 Å². The van der Waals surface area contributed by atoms with Crippen LogP contribution in [0.3, 0.4) is 0 Å². The van der Waals surface area contributed by atoms with Gasteiger partial charge < -0.3 is 5.73 Å². The van der Waals surface area contributed by atoms with Crippen LogP contribution in [0.1, 0.15) is 24.8 Å². The minimum absolute atomic E-state index is 0.00304. The molecule has 2 heteroatoms. The van der Waals surface area contributed by atoms with Crippen molar-refractivity contribution in [3.05, 3.63) is 29.8 Å². The summed E-state index contributed by atoms with van der Waals surface area (Å²) in [5, 5.41) is 0. The molecule has 0 bridgehead atoms. The highest BCUT2D eigenvalue weighted by Crippen LogP contribution is 2.38.